The lowest BCUT2D eigenvalue weighted by Gasteiger charge is -2.38. The molecule has 0 bridgehead atoms. The molecule has 0 aliphatic heterocycles. The van der Waals surface area contributed by atoms with Gasteiger partial charge in [0.2, 0.25) is 0 Å². The van der Waals surface area contributed by atoms with E-state index in [-0.39, 0.29) is 12.6 Å². The first-order chi connectivity index (χ1) is 5.84. The third kappa shape index (κ3) is 3.22. The normalized spacial score (nSPS) is 13.9. The first-order valence-electron chi connectivity index (χ1n) is 4.47. The van der Waals surface area contributed by atoms with Crippen LogP contribution in [-0.2, 0) is 0 Å². The van der Waals surface area contributed by atoms with Gasteiger partial charge < -0.3 is 10.2 Å². The summed E-state index contributed by atoms with van der Waals surface area (Å²) in [5.41, 5.74) is -0.463. The lowest BCUT2D eigenvalue weighted by atomic mass is 10.0. The predicted octanol–water partition coefficient (Wildman–Crippen LogP) is 1.54. The van der Waals surface area contributed by atoms with E-state index in [1.54, 1.807) is 0 Å². The standard InChI is InChI=1S/C9H19NO3/c1-5-7(6-11)10(8(12)13)9(2,3)4/h7,11H,5-6H2,1-4H3,(H,12,13). The first kappa shape index (κ1) is 12.2. The molecule has 0 rings (SSSR count). The molecule has 0 aromatic carbocycles. The minimum Gasteiger partial charge on any atom is -0.465 e. The Bertz CT molecular complexity index is 170. The molecule has 0 fully saturated rings. The van der Waals surface area contributed by atoms with E-state index in [0.717, 1.165) is 0 Å². The molecule has 4 heteroatoms. The van der Waals surface area contributed by atoms with Gasteiger partial charge in [0, 0.05) is 5.54 Å². The van der Waals surface area contributed by atoms with E-state index < -0.39 is 11.6 Å². The minimum atomic E-state index is -0.978. The number of aliphatic hydroxyl groups is 1. The zero-order valence-corrected chi connectivity index (χ0v) is 8.74. The molecule has 0 saturated heterocycles. The summed E-state index contributed by atoms with van der Waals surface area (Å²) >= 11 is 0. The van der Waals surface area contributed by atoms with Crippen molar-refractivity contribution < 1.29 is 15.0 Å². The van der Waals surface area contributed by atoms with Crippen molar-refractivity contribution in [2.24, 2.45) is 0 Å². The van der Waals surface area contributed by atoms with Crippen LogP contribution in [-0.4, -0.2) is 39.4 Å². The molecule has 0 spiro atoms. The van der Waals surface area contributed by atoms with E-state index in [1.807, 2.05) is 27.7 Å². The van der Waals surface area contributed by atoms with Crippen LogP contribution in [0.1, 0.15) is 34.1 Å². The number of carbonyl (C=O) groups is 1. The topological polar surface area (TPSA) is 60.8 Å². The van der Waals surface area contributed by atoms with Crippen molar-refractivity contribution in [1.82, 2.24) is 4.90 Å². The third-order valence-electron chi connectivity index (χ3n) is 1.98. The van der Waals surface area contributed by atoms with Gasteiger partial charge in [-0.3, -0.25) is 4.90 Å². The van der Waals surface area contributed by atoms with Crippen LogP contribution in [0.15, 0.2) is 0 Å². The van der Waals surface area contributed by atoms with Crippen molar-refractivity contribution in [2.45, 2.75) is 45.7 Å². The van der Waals surface area contributed by atoms with Gasteiger partial charge in [-0.1, -0.05) is 6.92 Å². The molecule has 13 heavy (non-hydrogen) atoms. The average Bonchev–Trinajstić information content (AvgIpc) is 1.96. The van der Waals surface area contributed by atoms with E-state index in [2.05, 4.69) is 0 Å². The molecule has 0 heterocycles. The number of amides is 1. The molecule has 0 saturated carbocycles. The Morgan fingerprint density at radius 2 is 1.92 bits per heavy atom. The van der Waals surface area contributed by atoms with Crippen molar-refractivity contribution in [2.75, 3.05) is 6.61 Å². The predicted molar refractivity (Wildman–Crippen MR) is 50.8 cm³/mol. The van der Waals surface area contributed by atoms with Gasteiger partial charge in [0.05, 0.1) is 12.6 Å². The molecule has 2 N–H and O–H groups in total. The molecular formula is C9H19NO3. The van der Waals surface area contributed by atoms with Crippen LogP contribution in [0.25, 0.3) is 0 Å². The fourth-order valence-electron chi connectivity index (χ4n) is 1.38. The van der Waals surface area contributed by atoms with Crippen molar-refractivity contribution in [3.63, 3.8) is 0 Å². The maximum Gasteiger partial charge on any atom is 0.408 e. The zero-order valence-electron chi connectivity index (χ0n) is 8.74. The quantitative estimate of drug-likeness (QED) is 0.707. The van der Waals surface area contributed by atoms with E-state index in [9.17, 15) is 4.79 Å². The molecule has 1 atom stereocenters. The number of nitrogens with zero attached hydrogens (tertiary/aromatic N) is 1. The molecular weight excluding hydrogens is 170 g/mol. The molecule has 0 aliphatic rings. The Balaban J connectivity index is 4.69. The Morgan fingerprint density at radius 1 is 1.46 bits per heavy atom. The van der Waals surface area contributed by atoms with Crippen LogP contribution in [0.3, 0.4) is 0 Å². The summed E-state index contributed by atoms with van der Waals surface area (Å²) in [6, 6.07) is -0.308. The highest BCUT2D eigenvalue weighted by Gasteiger charge is 2.31. The van der Waals surface area contributed by atoms with Crippen molar-refractivity contribution in [1.29, 1.82) is 0 Å². The van der Waals surface area contributed by atoms with Crippen molar-refractivity contribution in [3.8, 4) is 0 Å². The number of rotatable bonds is 3. The van der Waals surface area contributed by atoms with Gasteiger partial charge in [-0.25, -0.2) is 4.79 Å². The fourth-order valence-corrected chi connectivity index (χ4v) is 1.38. The summed E-state index contributed by atoms with van der Waals surface area (Å²) in [4.78, 5) is 12.2. The largest absolute Gasteiger partial charge is 0.465 e. The van der Waals surface area contributed by atoms with E-state index in [0.29, 0.717) is 6.42 Å². The molecule has 78 valence electrons. The van der Waals surface area contributed by atoms with E-state index in [4.69, 9.17) is 10.2 Å². The van der Waals surface area contributed by atoms with Gasteiger partial charge in [0.25, 0.3) is 0 Å². The fraction of sp³-hybridized carbons (Fsp3) is 0.889. The number of hydrogen-bond donors (Lipinski definition) is 2. The highest BCUT2D eigenvalue weighted by atomic mass is 16.4. The summed E-state index contributed by atoms with van der Waals surface area (Å²) in [6.45, 7) is 7.20. The molecule has 0 aromatic rings. The van der Waals surface area contributed by atoms with Crippen LogP contribution in [0, 0.1) is 0 Å². The van der Waals surface area contributed by atoms with E-state index in [1.165, 1.54) is 4.90 Å². The van der Waals surface area contributed by atoms with Gasteiger partial charge in [0.1, 0.15) is 0 Å². The highest BCUT2D eigenvalue weighted by Crippen LogP contribution is 2.18. The summed E-state index contributed by atoms with van der Waals surface area (Å²) in [5, 5.41) is 18.0. The minimum absolute atomic E-state index is 0.125. The van der Waals surface area contributed by atoms with Gasteiger partial charge in [-0.05, 0) is 27.2 Å². The van der Waals surface area contributed by atoms with Gasteiger partial charge in [-0.15, -0.1) is 0 Å². The monoisotopic (exact) mass is 189 g/mol. The smallest absolute Gasteiger partial charge is 0.408 e. The van der Waals surface area contributed by atoms with Crippen LogP contribution in [0.2, 0.25) is 0 Å². The Hall–Kier alpha value is -0.770. The van der Waals surface area contributed by atoms with E-state index >= 15 is 0 Å². The molecule has 0 aliphatic carbocycles. The Kier molecular flexibility index (Phi) is 4.20. The van der Waals surface area contributed by atoms with Crippen molar-refractivity contribution in [3.05, 3.63) is 0 Å². The average molecular weight is 189 g/mol. The van der Waals surface area contributed by atoms with Crippen LogP contribution >= 0.6 is 0 Å². The number of carboxylic acid groups (broad SMARTS) is 1. The maximum atomic E-state index is 10.9. The summed E-state index contributed by atoms with van der Waals surface area (Å²) < 4.78 is 0. The SMILES string of the molecule is CCC(CO)N(C(=O)O)C(C)(C)C. The maximum absolute atomic E-state index is 10.9. The zero-order chi connectivity index (χ0) is 10.6. The summed E-state index contributed by atoms with van der Waals surface area (Å²) in [7, 11) is 0. The second-order valence-corrected chi connectivity index (χ2v) is 4.07. The van der Waals surface area contributed by atoms with Crippen LogP contribution in [0.4, 0.5) is 4.79 Å². The molecule has 0 radical (unpaired) electrons. The number of hydrogen-bond acceptors (Lipinski definition) is 2. The van der Waals surface area contributed by atoms with Crippen LogP contribution in [0.5, 0.6) is 0 Å². The summed E-state index contributed by atoms with van der Waals surface area (Å²) in [5.74, 6) is 0. The molecule has 1 unspecified atom stereocenters. The van der Waals surface area contributed by atoms with Gasteiger partial charge in [0.15, 0.2) is 0 Å². The third-order valence-corrected chi connectivity index (χ3v) is 1.98. The lowest BCUT2D eigenvalue weighted by Crippen LogP contribution is -2.52. The first-order valence-corrected chi connectivity index (χ1v) is 4.47. The van der Waals surface area contributed by atoms with Crippen LogP contribution < -0.4 is 0 Å². The Labute approximate surface area is 79.2 Å². The second-order valence-electron chi connectivity index (χ2n) is 4.07. The van der Waals surface area contributed by atoms with Gasteiger partial charge in [-0.2, -0.15) is 0 Å². The number of aliphatic hydroxyl groups excluding tert-OH is 1. The second kappa shape index (κ2) is 4.46. The lowest BCUT2D eigenvalue weighted by molar-refractivity contribution is 0.0450. The molecule has 1 amide bonds. The van der Waals surface area contributed by atoms with Crippen molar-refractivity contribution >= 4 is 6.09 Å². The molecule has 0 aromatic heterocycles. The summed E-state index contributed by atoms with van der Waals surface area (Å²) in [6.07, 6.45) is -0.353. The van der Waals surface area contributed by atoms with Gasteiger partial charge >= 0.3 is 6.09 Å². The Morgan fingerprint density at radius 3 is 2.00 bits per heavy atom. The highest BCUT2D eigenvalue weighted by molar-refractivity contribution is 5.66. The molecule has 4 nitrogen and oxygen atoms in total.